The lowest BCUT2D eigenvalue weighted by atomic mass is 10.1. The standard InChI is InChI=1S/C13H15F3O2/c1-3-9(2)8-18-12(17)10-4-6-11(7-5-10)13(14,15)16/h4-7,9H,3,8H2,1-2H3. The first-order chi connectivity index (χ1) is 8.34. The van der Waals surface area contributed by atoms with Crippen LogP contribution in [0, 0.1) is 5.92 Å². The lowest BCUT2D eigenvalue weighted by molar-refractivity contribution is -0.137. The zero-order valence-electron chi connectivity index (χ0n) is 10.3. The number of esters is 1. The molecule has 0 heterocycles. The molecular formula is C13H15F3O2. The van der Waals surface area contributed by atoms with Crippen LogP contribution in [0.4, 0.5) is 13.2 Å². The quantitative estimate of drug-likeness (QED) is 0.767. The summed E-state index contributed by atoms with van der Waals surface area (Å²) in [6, 6.07) is 4.00. The van der Waals surface area contributed by atoms with Crippen molar-refractivity contribution in [3.05, 3.63) is 35.4 Å². The van der Waals surface area contributed by atoms with Gasteiger partial charge in [0, 0.05) is 0 Å². The van der Waals surface area contributed by atoms with E-state index >= 15 is 0 Å². The Balaban J connectivity index is 2.65. The van der Waals surface area contributed by atoms with Crippen LogP contribution >= 0.6 is 0 Å². The van der Waals surface area contributed by atoms with Crippen molar-refractivity contribution in [1.29, 1.82) is 0 Å². The predicted molar refractivity (Wildman–Crippen MR) is 61.2 cm³/mol. The second-order valence-electron chi connectivity index (χ2n) is 4.19. The molecule has 0 spiro atoms. The fraction of sp³-hybridized carbons (Fsp3) is 0.462. The van der Waals surface area contributed by atoms with E-state index in [4.69, 9.17) is 4.74 Å². The normalized spacial score (nSPS) is 13.2. The number of hydrogen-bond donors (Lipinski definition) is 0. The van der Waals surface area contributed by atoms with Crippen molar-refractivity contribution in [2.75, 3.05) is 6.61 Å². The number of benzene rings is 1. The first-order valence-corrected chi connectivity index (χ1v) is 5.69. The number of hydrogen-bond acceptors (Lipinski definition) is 2. The minimum atomic E-state index is -4.39. The van der Waals surface area contributed by atoms with Crippen LogP contribution in [0.25, 0.3) is 0 Å². The molecule has 0 radical (unpaired) electrons. The monoisotopic (exact) mass is 260 g/mol. The van der Waals surface area contributed by atoms with Crippen LogP contribution < -0.4 is 0 Å². The van der Waals surface area contributed by atoms with Gasteiger partial charge < -0.3 is 4.74 Å². The van der Waals surface area contributed by atoms with Gasteiger partial charge in [-0.1, -0.05) is 20.3 Å². The molecule has 5 heteroatoms. The Morgan fingerprint density at radius 2 is 1.83 bits per heavy atom. The van der Waals surface area contributed by atoms with Gasteiger partial charge in [0.1, 0.15) is 0 Å². The Hall–Kier alpha value is -1.52. The topological polar surface area (TPSA) is 26.3 Å². The lowest BCUT2D eigenvalue weighted by Gasteiger charge is -2.10. The Morgan fingerprint density at radius 3 is 2.28 bits per heavy atom. The Kier molecular flexibility index (Phi) is 4.76. The molecule has 1 aromatic rings. The van der Waals surface area contributed by atoms with Crippen molar-refractivity contribution in [1.82, 2.24) is 0 Å². The summed E-state index contributed by atoms with van der Waals surface area (Å²) in [5, 5.41) is 0. The van der Waals surface area contributed by atoms with Crippen molar-refractivity contribution in [2.45, 2.75) is 26.4 Å². The van der Waals surface area contributed by atoms with E-state index in [1.165, 1.54) is 0 Å². The Morgan fingerprint density at radius 1 is 1.28 bits per heavy atom. The Labute approximate surface area is 104 Å². The lowest BCUT2D eigenvalue weighted by Crippen LogP contribution is -2.12. The smallest absolute Gasteiger partial charge is 0.416 e. The average Bonchev–Trinajstić information content (AvgIpc) is 2.34. The summed E-state index contributed by atoms with van der Waals surface area (Å²) in [5.74, 6) is -0.354. The number of ether oxygens (including phenoxy) is 1. The highest BCUT2D eigenvalue weighted by molar-refractivity contribution is 5.89. The summed E-state index contributed by atoms with van der Waals surface area (Å²) in [6.07, 6.45) is -3.51. The number of halogens is 3. The highest BCUT2D eigenvalue weighted by Crippen LogP contribution is 2.29. The highest BCUT2D eigenvalue weighted by Gasteiger charge is 2.30. The molecule has 0 saturated carbocycles. The molecular weight excluding hydrogens is 245 g/mol. The van der Waals surface area contributed by atoms with Gasteiger partial charge in [-0.2, -0.15) is 13.2 Å². The molecule has 1 aromatic carbocycles. The second kappa shape index (κ2) is 5.89. The molecule has 1 rings (SSSR count). The van der Waals surface area contributed by atoms with E-state index in [-0.39, 0.29) is 18.1 Å². The summed E-state index contributed by atoms with van der Waals surface area (Å²) in [7, 11) is 0. The fourth-order valence-corrected chi connectivity index (χ4v) is 1.21. The number of alkyl halides is 3. The van der Waals surface area contributed by atoms with Gasteiger partial charge in [0.25, 0.3) is 0 Å². The summed E-state index contributed by atoms with van der Waals surface area (Å²) < 4.78 is 41.9. The molecule has 0 aromatic heterocycles. The first-order valence-electron chi connectivity index (χ1n) is 5.69. The molecule has 0 bridgehead atoms. The third-order valence-electron chi connectivity index (χ3n) is 2.64. The summed E-state index contributed by atoms with van der Waals surface area (Å²) in [6.45, 7) is 4.17. The zero-order valence-corrected chi connectivity index (χ0v) is 10.3. The van der Waals surface area contributed by atoms with E-state index in [0.717, 1.165) is 30.7 Å². The summed E-state index contributed by atoms with van der Waals surface area (Å²) >= 11 is 0. The predicted octanol–water partition coefficient (Wildman–Crippen LogP) is 3.91. The molecule has 1 atom stereocenters. The second-order valence-corrected chi connectivity index (χ2v) is 4.19. The maximum absolute atomic E-state index is 12.3. The van der Waals surface area contributed by atoms with Gasteiger partial charge >= 0.3 is 12.1 Å². The molecule has 18 heavy (non-hydrogen) atoms. The molecule has 100 valence electrons. The molecule has 2 nitrogen and oxygen atoms in total. The van der Waals surface area contributed by atoms with E-state index in [1.54, 1.807) is 0 Å². The number of rotatable bonds is 4. The van der Waals surface area contributed by atoms with Crippen LogP contribution in [0.5, 0.6) is 0 Å². The minimum absolute atomic E-state index is 0.131. The minimum Gasteiger partial charge on any atom is -0.462 e. The molecule has 0 saturated heterocycles. The van der Waals surface area contributed by atoms with Crippen molar-refractivity contribution in [3.8, 4) is 0 Å². The largest absolute Gasteiger partial charge is 0.462 e. The summed E-state index contributed by atoms with van der Waals surface area (Å²) in [4.78, 5) is 11.5. The van der Waals surface area contributed by atoms with Crippen molar-refractivity contribution in [2.24, 2.45) is 5.92 Å². The van der Waals surface area contributed by atoms with Crippen LogP contribution in [0.3, 0.4) is 0 Å². The molecule has 0 aliphatic rings. The molecule has 1 unspecified atom stereocenters. The van der Waals surface area contributed by atoms with Gasteiger partial charge in [-0.25, -0.2) is 4.79 Å². The van der Waals surface area contributed by atoms with Gasteiger partial charge in [0.2, 0.25) is 0 Å². The van der Waals surface area contributed by atoms with Crippen LogP contribution in [0.1, 0.15) is 36.2 Å². The molecule has 0 fully saturated rings. The van der Waals surface area contributed by atoms with E-state index in [2.05, 4.69) is 0 Å². The molecule has 0 aliphatic carbocycles. The van der Waals surface area contributed by atoms with Gasteiger partial charge in [-0.15, -0.1) is 0 Å². The van der Waals surface area contributed by atoms with Gasteiger partial charge in [-0.3, -0.25) is 0 Å². The van der Waals surface area contributed by atoms with Crippen molar-refractivity contribution >= 4 is 5.97 Å². The SMILES string of the molecule is CCC(C)COC(=O)c1ccc(C(F)(F)F)cc1. The van der Waals surface area contributed by atoms with Crippen molar-refractivity contribution < 1.29 is 22.7 Å². The summed E-state index contributed by atoms with van der Waals surface area (Å²) in [5.41, 5.74) is -0.646. The third-order valence-corrected chi connectivity index (χ3v) is 2.64. The van der Waals surface area contributed by atoms with Gasteiger partial charge in [0.05, 0.1) is 17.7 Å². The van der Waals surface area contributed by atoms with Crippen molar-refractivity contribution in [3.63, 3.8) is 0 Å². The first kappa shape index (κ1) is 14.5. The average molecular weight is 260 g/mol. The maximum Gasteiger partial charge on any atom is 0.416 e. The maximum atomic E-state index is 12.3. The van der Waals surface area contributed by atoms with Crippen LogP contribution in [0.15, 0.2) is 24.3 Å². The van der Waals surface area contributed by atoms with E-state index < -0.39 is 17.7 Å². The van der Waals surface area contributed by atoms with Gasteiger partial charge in [0.15, 0.2) is 0 Å². The van der Waals surface area contributed by atoms with E-state index in [1.807, 2.05) is 13.8 Å². The van der Waals surface area contributed by atoms with E-state index in [0.29, 0.717) is 0 Å². The fourth-order valence-electron chi connectivity index (χ4n) is 1.21. The number of carbonyl (C=O) groups is 1. The van der Waals surface area contributed by atoms with E-state index in [9.17, 15) is 18.0 Å². The zero-order chi connectivity index (χ0) is 13.8. The highest BCUT2D eigenvalue weighted by atomic mass is 19.4. The van der Waals surface area contributed by atoms with Gasteiger partial charge in [-0.05, 0) is 30.2 Å². The molecule has 0 aliphatic heterocycles. The van der Waals surface area contributed by atoms with Crippen LogP contribution in [0.2, 0.25) is 0 Å². The molecule has 0 amide bonds. The van der Waals surface area contributed by atoms with Crippen LogP contribution in [-0.4, -0.2) is 12.6 Å². The Bertz CT molecular complexity index is 396. The van der Waals surface area contributed by atoms with Crippen LogP contribution in [-0.2, 0) is 10.9 Å². The third kappa shape index (κ3) is 4.05. The molecule has 0 N–H and O–H groups in total. The number of carbonyl (C=O) groups excluding carboxylic acids is 1.